The summed E-state index contributed by atoms with van der Waals surface area (Å²) in [5, 5.41) is 16.7. The summed E-state index contributed by atoms with van der Waals surface area (Å²) in [6, 6.07) is 10.9. The van der Waals surface area contributed by atoms with E-state index in [0.717, 1.165) is 12.0 Å². The van der Waals surface area contributed by atoms with Crippen molar-refractivity contribution in [1.82, 2.24) is 0 Å². The number of carbonyl (C=O) groups is 2. The Balaban J connectivity index is 0.00000225. The second kappa shape index (κ2) is 10.7. The molecule has 0 saturated heterocycles. The Morgan fingerprint density at radius 3 is 2.55 bits per heavy atom. The summed E-state index contributed by atoms with van der Waals surface area (Å²) < 4.78 is 5.64. The van der Waals surface area contributed by atoms with Crippen LogP contribution in [0.2, 0.25) is 10.0 Å². The largest absolute Gasteiger partial charge is 1.00 e. The van der Waals surface area contributed by atoms with E-state index in [-0.39, 0.29) is 42.1 Å². The Bertz CT molecular complexity index is 1020. The van der Waals surface area contributed by atoms with Crippen molar-refractivity contribution in [1.29, 1.82) is 0 Å². The number of rotatable bonds is 7. The Kier molecular flexibility index (Phi) is 8.63. The quantitative estimate of drug-likeness (QED) is 0.550. The molecule has 1 aromatic heterocycles. The maximum Gasteiger partial charge on any atom is 1.00 e. The minimum absolute atomic E-state index is 0. The van der Waals surface area contributed by atoms with Crippen molar-refractivity contribution < 1.29 is 39.7 Å². The van der Waals surface area contributed by atoms with Crippen molar-refractivity contribution in [3.8, 4) is 5.75 Å². The van der Waals surface area contributed by atoms with Crippen LogP contribution in [0.5, 0.6) is 5.75 Å². The van der Waals surface area contributed by atoms with Crippen LogP contribution < -0.4 is 28.9 Å². The number of hydrogen-bond donors (Lipinski definition) is 2. The van der Waals surface area contributed by atoms with E-state index in [2.05, 4.69) is 5.32 Å². The van der Waals surface area contributed by atoms with Crippen molar-refractivity contribution in [2.75, 3.05) is 11.9 Å². The molecule has 1 amide bonds. The number of carboxylic acid groups (broad SMARTS) is 1. The van der Waals surface area contributed by atoms with Crippen molar-refractivity contribution in [2.45, 2.75) is 6.42 Å². The average molecular weight is 444 g/mol. The molecule has 9 heteroatoms. The van der Waals surface area contributed by atoms with Gasteiger partial charge in [-0.25, -0.2) is 4.79 Å². The Hall–Kier alpha value is -1.94. The fourth-order valence-electron chi connectivity index (χ4n) is 2.48. The van der Waals surface area contributed by atoms with Crippen LogP contribution in [-0.4, -0.2) is 23.6 Å². The zero-order valence-corrected chi connectivity index (χ0v) is 17.8. The number of thiophene rings is 1. The average Bonchev–Trinajstić information content (AvgIpc) is 3.16. The van der Waals surface area contributed by atoms with Gasteiger partial charge in [-0.05, 0) is 58.8 Å². The zero-order valence-electron chi connectivity index (χ0n) is 16.4. The number of benzene rings is 2. The minimum Gasteiger partial charge on any atom is -1.00 e. The fourth-order valence-corrected chi connectivity index (χ4v) is 3.68. The molecule has 2 aromatic carbocycles. The summed E-state index contributed by atoms with van der Waals surface area (Å²) in [5.41, 5.74) is 1.42. The van der Waals surface area contributed by atoms with E-state index in [1.165, 1.54) is 30.3 Å². The van der Waals surface area contributed by atoms with Gasteiger partial charge in [0, 0.05) is 11.4 Å². The number of halogens is 2. The van der Waals surface area contributed by atoms with Crippen LogP contribution in [0.1, 0.15) is 27.7 Å². The SMILES string of the molecule is O=C(Nc1ccc(OCCc2ccsc2)cc1C(=O)O)c1ccc(Cl)cc1Cl.[H-].[Li+]. The molecule has 0 spiro atoms. The van der Waals surface area contributed by atoms with Crippen molar-refractivity contribution in [3.63, 3.8) is 0 Å². The number of amides is 1. The molecule has 0 radical (unpaired) electrons. The van der Waals surface area contributed by atoms with Gasteiger partial charge in [0.05, 0.1) is 28.4 Å². The van der Waals surface area contributed by atoms with Gasteiger partial charge in [0.15, 0.2) is 0 Å². The number of carboxylic acids is 1. The number of nitrogens with one attached hydrogen (secondary N) is 1. The van der Waals surface area contributed by atoms with Crippen LogP contribution in [-0.2, 0) is 6.42 Å². The van der Waals surface area contributed by atoms with Crippen molar-refractivity contribution >= 4 is 52.1 Å². The van der Waals surface area contributed by atoms with Crippen LogP contribution in [0, 0.1) is 0 Å². The van der Waals surface area contributed by atoms with Gasteiger partial charge in [-0.3, -0.25) is 4.79 Å². The number of hydrogen-bond acceptors (Lipinski definition) is 4. The smallest absolute Gasteiger partial charge is 1.00 e. The summed E-state index contributed by atoms with van der Waals surface area (Å²) in [6.45, 7) is 0.419. The monoisotopic (exact) mass is 443 g/mol. The molecule has 29 heavy (non-hydrogen) atoms. The van der Waals surface area contributed by atoms with E-state index in [0.29, 0.717) is 17.4 Å². The van der Waals surface area contributed by atoms with Crippen molar-refractivity contribution in [2.24, 2.45) is 0 Å². The minimum atomic E-state index is -1.18. The first kappa shape index (κ1) is 23.3. The van der Waals surface area contributed by atoms with E-state index in [9.17, 15) is 14.7 Å². The predicted molar refractivity (Wildman–Crippen MR) is 112 cm³/mol. The maximum atomic E-state index is 12.4. The number of anilines is 1. The molecular formula is C20H16Cl2LiNO4S. The van der Waals surface area contributed by atoms with Gasteiger partial charge < -0.3 is 16.6 Å². The Labute approximate surface area is 195 Å². The molecule has 0 unspecified atom stereocenters. The van der Waals surface area contributed by atoms with Gasteiger partial charge in [-0.15, -0.1) is 0 Å². The van der Waals surface area contributed by atoms with Gasteiger partial charge in [0.2, 0.25) is 0 Å². The molecule has 3 aromatic rings. The maximum absolute atomic E-state index is 12.4. The zero-order chi connectivity index (χ0) is 20.1. The molecule has 0 saturated carbocycles. The second-order valence-electron chi connectivity index (χ2n) is 5.82. The van der Waals surface area contributed by atoms with E-state index < -0.39 is 11.9 Å². The summed E-state index contributed by atoms with van der Waals surface area (Å²) in [6.07, 6.45) is 0.722. The first-order valence-electron chi connectivity index (χ1n) is 8.21. The van der Waals surface area contributed by atoms with Crippen LogP contribution in [0.4, 0.5) is 5.69 Å². The van der Waals surface area contributed by atoms with Gasteiger partial charge in [0.1, 0.15) is 5.75 Å². The summed E-state index contributed by atoms with van der Waals surface area (Å²) in [7, 11) is 0. The summed E-state index contributed by atoms with van der Waals surface area (Å²) in [5.74, 6) is -1.30. The molecule has 0 bridgehead atoms. The second-order valence-corrected chi connectivity index (χ2v) is 7.44. The number of carbonyl (C=O) groups excluding carboxylic acids is 1. The van der Waals surface area contributed by atoms with Crippen LogP contribution in [0.3, 0.4) is 0 Å². The van der Waals surface area contributed by atoms with Gasteiger partial charge in [-0.2, -0.15) is 11.3 Å². The third-order valence-electron chi connectivity index (χ3n) is 3.88. The molecular weight excluding hydrogens is 428 g/mol. The first-order valence-corrected chi connectivity index (χ1v) is 9.91. The van der Waals surface area contributed by atoms with E-state index in [1.807, 2.05) is 16.8 Å². The number of ether oxygens (including phenoxy) is 1. The molecule has 2 N–H and O–H groups in total. The fraction of sp³-hybridized carbons (Fsp3) is 0.100. The third-order valence-corrected chi connectivity index (χ3v) is 5.16. The van der Waals surface area contributed by atoms with Crippen LogP contribution in [0.15, 0.2) is 53.2 Å². The Morgan fingerprint density at radius 1 is 1.10 bits per heavy atom. The number of aromatic carboxylic acids is 1. The van der Waals surface area contributed by atoms with Crippen molar-refractivity contribution in [3.05, 3.63) is 80.0 Å². The third kappa shape index (κ3) is 6.27. The molecule has 0 aliphatic carbocycles. The topological polar surface area (TPSA) is 75.6 Å². The van der Waals surface area contributed by atoms with E-state index in [4.69, 9.17) is 27.9 Å². The molecule has 0 aliphatic rings. The summed E-state index contributed by atoms with van der Waals surface area (Å²) in [4.78, 5) is 24.1. The predicted octanol–water partition coefficient (Wildman–Crippen LogP) is 2.74. The molecule has 0 fully saturated rings. The van der Waals surface area contributed by atoms with Crippen LogP contribution in [0.25, 0.3) is 0 Å². The molecule has 5 nitrogen and oxygen atoms in total. The molecule has 146 valence electrons. The van der Waals surface area contributed by atoms with E-state index >= 15 is 0 Å². The molecule has 0 atom stereocenters. The van der Waals surface area contributed by atoms with Gasteiger partial charge in [0.25, 0.3) is 5.91 Å². The van der Waals surface area contributed by atoms with Crippen LogP contribution >= 0.6 is 34.5 Å². The van der Waals surface area contributed by atoms with Gasteiger partial charge >= 0.3 is 24.8 Å². The Morgan fingerprint density at radius 2 is 1.90 bits per heavy atom. The molecule has 1 heterocycles. The van der Waals surface area contributed by atoms with E-state index in [1.54, 1.807) is 17.4 Å². The normalized spacial score (nSPS) is 10.1. The van der Waals surface area contributed by atoms with Gasteiger partial charge in [-0.1, -0.05) is 23.2 Å². The first-order chi connectivity index (χ1) is 13.4. The summed E-state index contributed by atoms with van der Waals surface area (Å²) >= 11 is 13.5. The standard InChI is InChI=1S/C20H15Cl2NO4S.Li.H/c21-13-1-3-15(17(22)9-13)19(24)23-18-4-2-14(10-16(18)20(25)26)27-7-5-12-6-8-28-11-12;;/h1-4,6,8-11H,5,7H2,(H,23,24)(H,25,26);;/q;+1;-1. The molecule has 0 aliphatic heterocycles. The molecule has 3 rings (SSSR count).